The number of carbonyl (C=O) groups excluding carboxylic acids is 1. The van der Waals surface area contributed by atoms with Gasteiger partial charge in [0.05, 0.1) is 19.4 Å². The van der Waals surface area contributed by atoms with Gasteiger partial charge in [-0.15, -0.1) is 0 Å². The highest BCUT2D eigenvalue weighted by Gasteiger charge is 2.24. The van der Waals surface area contributed by atoms with E-state index in [0.717, 1.165) is 32.0 Å². The van der Waals surface area contributed by atoms with Gasteiger partial charge in [0.25, 0.3) is 0 Å². The number of aldehydes is 1. The van der Waals surface area contributed by atoms with E-state index in [1.54, 1.807) is 0 Å². The zero-order valence-electron chi connectivity index (χ0n) is 14.0. The summed E-state index contributed by atoms with van der Waals surface area (Å²) >= 11 is 0. The second kappa shape index (κ2) is 11.4. The summed E-state index contributed by atoms with van der Waals surface area (Å²) in [6.45, 7) is 9.88. The molecule has 0 bridgehead atoms. The number of carbonyl (C=O) groups is 1. The van der Waals surface area contributed by atoms with E-state index in [2.05, 4.69) is 19.2 Å². The number of rotatable bonds is 14. The van der Waals surface area contributed by atoms with Crippen LogP contribution in [0.3, 0.4) is 0 Å². The van der Waals surface area contributed by atoms with Crippen LogP contribution in [0.5, 0.6) is 0 Å². The molecule has 0 heterocycles. The molecule has 0 aliphatic rings. The second-order valence-corrected chi connectivity index (χ2v) is 8.18. The van der Waals surface area contributed by atoms with Crippen molar-refractivity contribution in [2.45, 2.75) is 53.4 Å². The molecular weight excluding hydrogens is 289 g/mol. The van der Waals surface area contributed by atoms with Crippen molar-refractivity contribution < 1.29 is 18.4 Å². The van der Waals surface area contributed by atoms with Crippen molar-refractivity contribution in [1.29, 1.82) is 0 Å². The summed E-state index contributed by atoms with van der Waals surface area (Å²) in [7, 11) is -3.02. The van der Waals surface area contributed by atoms with Crippen molar-refractivity contribution in [3.05, 3.63) is 0 Å². The number of hydrogen-bond donors (Lipinski definition) is 1. The Kier molecular flexibility index (Phi) is 11.2. The molecule has 0 rings (SSSR count). The molecule has 0 saturated carbocycles. The van der Waals surface area contributed by atoms with E-state index in [9.17, 15) is 9.36 Å². The molecule has 0 amide bonds. The van der Waals surface area contributed by atoms with Gasteiger partial charge in [0, 0.05) is 18.5 Å². The maximum absolute atomic E-state index is 12.6. The lowest BCUT2D eigenvalue weighted by Crippen LogP contribution is -2.32. The van der Waals surface area contributed by atoms with Gasteiger partial charge in [-0.05, 0) is 12.8 Å². The van der Waals surface area contributed by atoms with Gasteiger partial charge in [-0.1, -0.05) is 40.5 Å². The Balaban J connectivity index is 4.19. The fraction of sp³-hybridized carbons (Fsp3) is 0.933. The normalized spacial score (nSPS) is 12.6. The highest BCUT2D eigenvalue weighted by Crippen LogP contribution is 2.47. The first kappa shape index (κ1) is 20.8. The van der Waals surface area contributed by atoms with Gasteiger partial charge in [-0.2, -0.15) is 0 Å². The molecule has 0 aromatic carbocycles. The van der Waals surface area contributed by atoms with Crippen LogP contribution >= 0.6 is 7.60 Å². The molecule has 0 atom stereocenters. The largest absolute Gasteiger partial charge is 0.331 e. The van der Waals surface area contributed by atoms with Gasteiger partial charge in [0.15, 0.2) is 0 Å². The molecule has 0 aromatic heterocycles. The molecule has 0 aliphatic heterocycles. The molecule has 0 saturated heterocycles. The van der Waals surface area contributed by atoms with Gasteiger partial charge < -0.3 is 19.2 Å². The topological polar surface area (TPSA) is 64.6 Å². The lowest BCUT2D eigenvalue weighted by Gasteiger charge is -2.21. The van der Waals surface area contributed by atoms with Crippen LogP contribution in [-0.4, -0.2) is 38.8 Å². The zero-order valence-corrected chi connectivity index (χ0v) is 14.9. The molecule has 126 valence electrons. The first-order valence-corrected chi connectivity index (χ1v) is 9.67. The van der Waals surface area contributed by atoms with Crippen LogP contribution in [0.15, 0.2) is 0 Å². The minimum Gasteiger partial charge on any atom is -0.315 e. The maximum Gasteiger partial charge on any atom is 0.331 e. The molecule has 0 radical (unpaired) electrons. The van der Waals surface area contributed by atoms with Gasteiger partial charge in [0.1, 0.15) is 6.29 Å². The van der Waals surface area contributed by atoms with Crippen LogP contribution in [0.25, 0.3) is 0 Å². The average molecular weight is 321 g/mol. The molecule has 0 aromatic rings. The summed E-state index contributed by atoms with van der Waals surface area (Å²) in [6, 6.07) is 0. The lowest BCUT2D eigenvalue weighted by molar-refractivity contribution is -0.114. The summed E-state index contributed by atoms with van der Waals surface area (Å²) in [5.41, 5.74) is -0.407. The molecule has 0 unspecified atom stereocenters. The third-order valence-electron chi connectivity index (χ3n) is 3.03. The predicted molar refractivity (Wildman–Crippen MR) is 86.9 cm³/mol. The number of unbranched alkanes of at least 4 members (excludes halogenated alkanes) is 2. The fourth-order valence-electron chi connectivity index (χ4n) is 1.53. The van der Waals surface area contributed by atoms with Crippen molar-refractivity contribution in [2.75, 3.05) is 32.5 Å². The zero-order chi connectivity index (χ0) is 16.2. The molecule has 5 nitrogen and oxygen atoms in total. The lowest BCUT2D eigenvalue weighted by atomic mass is 9.96. The smallest absolute Gasteiger partial charge is 0.315 e. The van der Waals surface area contributed by atoms with E-state index in [4.69, 9.17) is 9.05 Å². The fourth-order valence-corrected chi connectivity index (χ4v) is 3.11. The summed E-state index contributed by atoms with van der Waals surface area (Å²) in [4.78, 5) is 10.8. The molecular formula is C15H32NO4P. The molecule has 21 heavy (non-hydrogen) atoms. The van der Waals surface area contributed by atoms with Crippen molar-refractivity contribution >= 4 is 13.9 Å². The van der Waals surface area contributed by atoms with E-state index < -0.39 is 13.0 Å². The molecule has 0 aliphatic carbocycles. The van der Waals surface area contributed by atoms with E-state index >= 15 is 0 Å². The van der Waals surface area contributed by atoms with Crippen LogP contribution in [0, 0.1) is 5.41 Å². The van der Waals surface area contributed by atoms with Gasteiger partial charge in [-0.3, -0.25) is 4.57 Å². The van der Waals surface area contributed by atoms with E-state index in [1.807, 2.05) is 13.8 Å². The SMILES string of the molecule is CCCCOP(=O)(CCNCC(C)(C)C=O)OCCCC. The van der Waals surface area contributed by atoms with Crippen molar-refractivity contribution in [1.82, 2.24) is 5.32 Å². The highest BCUT2D eigenvalue weighted by atomic mass is 31.2. The Morgan fingerprint density at radius 2 is 1.62 bits per heavy atom. The minimum atomic E-state index is -3.02. The van der Waals surface area contributed by atoms with Crippen LogP contribution in [0.1, 0.15) is 53.4 Å². The predicted octanol–water partition coefficient (Wildman–Crippen LogP) is 3.63. The standard InChI is InChI=1S/C15H32NO4P/c1-5-7-10-19-21(18,20-11-8-6-2)12-9-16-13-15(3,4)14-17/h14,16H,5-13H2,1-4H3. The molecule has 6 heteroatoms. The Morgan fingerprint density at radius 1 is 1.10 bits per heavy atom. The molecule has 0 fully saturated rings. The Hall–Kier alpha value is -0.220. The van der Waals surface area contributed by atoms with Crippen molar-refractivity contribution in [3.63, 3.8) is 0 Å². The van der Waals surface area contributed by atoms with Crippen LogP contribution in [0.2, 0.25) is 0 Å². The number of nitrogens with one attached hydrogen (secondary N) is 1. The highest BCUT2D eigenvalue weighted by molar-refractivity contribution is 7.53. The van der Waals surface area contributed by atoms with E-state index in [0.29, 0.717) is 32.5 Å². The summed E-state index contributed by atoms with van der Waals surface area (Å²) in [6.07, 6.45) is 5.03. The minimum absolute atomic E-state index is 0.343. The summed E-state index contributed by atoms with van der Waals surface area (Å²) in [5, 5.41) is 3.15. The first-order valence-electron chi connectivity index (χ1n) is 7.94. The third kappa shape index (κ3) is 11.1. The monoisotopic (exact) mass is 321 g/mol. The summed E-state index contributed by atoms with van der Waals surface area (Å²) in [5.74, 6) is 0. The maximum atomic E-state index is 12.6. The Morgan fingerprint density at radius 3 is 2.05 bits per heavy atom. The first-order chi connectivity index (χ1) is 9.89. The van der Waals surface area contributed by atoms with E-state index in [1.165, 1.54) is 0 Å². The van der Waals surface area contributed by atoms with Crippen LogP contribution < -0.4 is 5.32 Å². The Bertz CT molecular complexity index is 307. The van der Waals surface area contributed by atoms with Crippen molar-refractivity contribution in [2.24, 2.45) is 5.41 Å². The average Bonchev–Trinajstić information content (AvgIpc) is 2.44. The van der Waals surface area contributed by atoms with Gasteiger partial charge in [0.2, 0.25) is 0 Å². The quantitative estimate of drug-likeness (QED) is 0.301. The molecule has 1 N–H and O–H groups in total. The van der Waals surface area contributed by atoms with Crippen LogP contribution in [0.4, 0.5) is 0 Å². The van der Waals surface area contributed by atoms with Gasteiger partial charge >= 0.3 is 7.60 Å². The molecule has 0 spiro atoms. The van der Waals surface area contributed by atoms with Crippen molar-refractivity contribution in [3.8, 4) is 0 Å². The van der Waals surface area contributed by atoms with Crippen LogP contribution in [-0.2, 0) is 18.4 Å². The Labute approximate surface area is 129 Å². The third-order valence-corrected chi connectivity index (χ3v) is 4.96. The van der Waals surface area contributed by atoms with E-state index in [-0.39, 0.29) is 0 Å². The summed E-state index contributed by atoms with van der Waals surface area (Å²) < 4.78 is 23.6. The number of hydrogen-bond acceptors (Lipinski definition) is 5. The van der Waals surface area contributed by atoms with Gasteiger partial charge in [-0.25, -0.2) is 0 Å². The second-order valence-electron chi connectivity index (χ2n) is 5.99.